The van der Waals surface area contributed by atoms with E-state index in [1.165, 1.54) is 23.5 Å². The van der Waals surface area contributed by atoms with Crippen LogP contribution < -0.4 is 0 Å². The van der Waals surface area contributed by atoms with Crippen molar-refractivity contribution in [1.29, 1.82) is 0 Å². The van der Waals surface area contributed by atoms with Crippen LogP contribution in [-0.4, -0.2) is 42.6 Å². The first-order valence-electron chi connectivity index (χ1n) is 9.79. The van der Waals surface area contributed by atoms with E-state index < -0.39 is 0 Å². The number of para-hydroxylation sites is 1. The first-order chi connectivity index (χ1) is 14.5. The Balaban J connectivity index is 1.89. The lowest BCUT2D eigenvalue weighted by molar-refractivity contribution is -0.142. The molecule has 1 atom stereocenters. The zero-order valence-corrected chi connectivity index (χ0v) is 19.2. The van der Waals surface area contributed by atoms with Gasteiger partial charge in [0.05, 0.1) is 12.4 Å². The van der Waals surface area contributed by atoms with Crippen LogP contribution in [0.25, 0.3) is 5.69 Å². The number of carbonyl (C=O) groups is 1. The van der Waals surface area contributed by atoms with Crippen LogP contribution in [0.2, 0.25) is 0 Å². The molecule has 0 fully saturated rings. The highest BCUT2D eigenvalue weighted by Crippen LogP contribution is 2.30. The van der Waals surface area contributed by atoms with E-state index in [0.29, 0.717) is 29.1 Å². The molecule has 7 nitrogen and oxygen atoms in total. The monoisotopic (exact) mass is 443 g/mol. The molecule has 1 unspecified atom stereocenters. The average molecular weight is 444 g/mol. The number of aromatic nitrogens is 5. The molecule has 0 spiro atoms. The summed E-state index contributed by atoms with van der Waals surface area (Å²) in [5.41, 5.74) is 2.82. The second-order valence-corrected chi connectivity index (χ2v) is 8.67. The topological polar surface area (TPSA) is 82.8 Å². The maximum Gasteiger partial charge on any atom is 0.319 e. The van der Waals surface area contributed by atoms with Crippen LogP contribution in [0.3, 0.4) is 0 Å². The van der Waals surface area contributed by atoms with Gasteiger partial charge in [0, 0.05) is 17.1 Å². The first-order valence-corrected chi connectivity index (χ1v) is 11.7. The van der Waals surface area contributed by atoms with E-state index in [1.54, 1.807) is 0 Å². The molecule has 0 aliphatic rings. The summed E-state index contributed by atoms with van der Waals surface area (Å²) in [7, 11) is 0. The molecule has 0 N–H and O–H groups in total. The third-order valence-electron chi connectivity index (χ3n) is 4.17. The molecule has 1 aromatic carbocycles. The van der Waals surface area contributed by atoms with E-state index in [0.717, 1.165) is 22.9 Å². The summed E-state index contributed by atoms with van der Waals surface area (Å²) in [6.45, 7) is 8.05. The van der Waals surface area contributed by atoms with Crippen LogP contribution in [0.4, 0.5) is 0 Å². The molecule has 9 heteroatoms. The Labute approximate surface area is 185 Å². The molecule has 0 bridgehead atoms. The van der Waals surface area contributed by atoms with Gasteiger partial charge in [-0.05, 0) is 45.4 Å². The van der Waals surface area contributed by atoms with Gasteiger partial charge in [0.25, 0.3) is 0 Å². The minimum atomic E-state index is -0.333. The highest BCUT2D eigenvalue weighted by atomic mass is 32.2. The summed E-state index contributed by atoms with van der Waals surface area (Å²) >= 11 is 2.90. The highest BCUT2D eigenvalue weighted by molar-refractivity contribution is 8.00. The highest BCUT2D eigenvalue weighted by Gasteiger charge is 2.24. The lowest BCUT2D eigenvalue weighted by Gasteiger charge is -2.14. The van der Waals surface area contributed by atoms with Crippen molar-refractivity contribution in [2.45, 2.75) is 55.4 Å². The smallest absolute Gasteiger partial charge is 0.319 e. The van der Waals surface area contributed by atoms with Crippen molar-refractivity contribution in [3.63, 3.8) is 0 Å². The standard InChI is InChI=1S/C21H25N5O2S2/c1-5-17(19(27)28-6-2)30-21-25-24-18(26(21)16-10-8-7-9-11-16)13-29-20-22-14(3)12-15(4)23-20/h7-12,17H,5-6,13H2,1-4H3. The lowest BCUT2D eigenvalue weighted by atomic mass is 10.3. The van der Waals surface area contributed by atoms with Gasteiger partial charge in [0.2, 0.25) is 0 Å². The Kier molecular flexibility index (Phi) is 7.87. The predicted octanol–water partition coefficient (Wildman–Crippen LogP) is 4.40. The number of nitrogens with zero attached hydrogens (tertiary/aromatic N) is 5. The van der Waals surface area contributed by atoms with Crippen LogP contribution in [0, 0.1) is 13.8 Å². The summed E-state index contributed by atoms with van der Waals surface area (Å²) in [5, 5.41) is 9.83. The van der Waals surface area contributed by atoms with Gasteiger partial charge >= 0.3 is 5.97 Å². The molecule has 3 aromatic rings. The molecule has 0 saturated heterocycles. The molecular formula is C21H25N5O2S2. The Morgan fingerprint density at radius 1 is 1.10 bits per heavy atom. The fourth-order valence-corrected chi connectivity index (χ4v) is 4.71. The summed E-state index contributed by atoms with van der Waals surface area (Å²) in [6.07, 6.45) is 0.644. The second-order valence-electron chi connectivity index (χ2n) is 6.56. The van der Waals surface area contributed by atoms with Gasteiger partial charge in [-0.3, -0.25) is 9.36 Å². The largest absolute Gasteiger partial charge is 0.465 e. The van der Waals surface area contributed by atoms with E-state index in [-0.39, 0.29) is 11.2 Å². The minimum absolute atomic E-state index is 0.229. The normalized spacial score (nSPS) is 12.0. The van der Waals surface area contributed by atoms with Crippen molar-refractivity contribution in [1.82, 2.24) is 24.7 Å². The SMILES string of the molecule is CCOC(=O)C(CC)Sc1nnc(CSc2nc(C)cc(C)n2)n1-c1ccccc1. The molecule has 2 heterocycles. The zero-order chi connectivity index (χ0) is 21.5. The molecule has 158 valence electrons. The predicted molar refractivity (Wildman–Crippen MR) is 119 cm³/mol. The van der Waals surface area contributed by atoms with Crippen molar-refractivity contribution < 1.29 is 9.53 Å². The van der Waals surface area contributed by atoms with Gasteiger partial charge in [-0.15, -0.1) is 10.2 Å². The number of esters is 1. The molecule has 3 rings (SSSR count). The Hall–Kier alpha value is -2.39. The van der Waals surface area contributed by atoms with Crippen molar-refractivity contribution in [3.8, 4) is 5.69 Å². The fraction of sp³-hybridized carbons (Fsp3) is 0.381. The number of carbonyl (C=O) groups excluding carboxylic acids is 1. The van der Waals surface area contributed by atoms with Crippen LogP contribution >= 0.6 is 23.5 Å². The van der Waals surface area contributed by atoms with E-state index in [4.69, 9.17) is 4.74 Å². The summed E-state index contributed by atoms with van der Waals surface area (Å²) in [5.74, 6) is 1.10. The minimum Gasteiger partial charge on any atom is -0.465 e. The van der Waals surface area contributed by atoms with Crippen molar-refractivity contribution >= 4 is 29.5 Å². The van der Waals surface area contributed by atoms with Crippen molar-refractivity contribution in [2.24, 2.45) is 0 Å². The third-order valence-corrected chi connectivity index (χ3v) is 6.30. The summed E-state index contributed by atoms with van der Waals surface area (Å²) in [4.78, 5) is 21.3. The Bertz CT molecular complexity index is 974. The molecule has 0 aliphatic heterocycles. The number of thioether (sulfide) groups is 2. The van der Waals surface area contributed by atoms with E-state index in [9.17, 15) is 4.79 Å². The van der Waals surface area contributed by atoms with Gasteiger partial charge in [-0.2, -0.15) is 0 Å². The van der Waals surface area contributed by atoms with Gasteiger partial charge in [0.1, 0.15) is 11.1 Å². The van der Waals surface area contributed by atoms with Crippen LogP contribution in [-0.2, 0) is 15.3 Å². The van der Waals surface area contributed by atoms with Gasteiger partial charge in [-0.25, -0.2) is 9.97 Å². The molecule has 0 aliphatic carbocycles. The van der Waals surface area contributed by atoms with E-state index >= 15 is 0 Å². The third kappa shape index (κ3) is 5.60. The van der Waals surface area contributed by atoms with Gasteiger partial charge < -0.3 is 4.74 Å². The van der Waals surface area contributed by atoms with Crippen LogP contribution in [0.5, 0.6) is 0 Å². The van der Waals surface area contributed by atoms with Crippen molar-refractivity contribution in [3.05, 3.63) is 53.6 Å². The first kappa shape index (κ1) is 22.3. The number of aryl methyl sites for hydroxylation is 2. The molecule has 2 aromatic heterocycles. The summed E-state index contributed by atoms with van der Waals surface area (Å²) < 4.78 is 7.20. The summed E-state index contributed by atoms with van der Waals surface area (Å²) in [6, 6.07) is 11.9. The molecule has 0 saturated carbocycles. The zero-order valence-electron chi connectivity index (χ0n) is 17.5. The Morgan fingerprint density at radius 2 is 1.80 bits per heavy atom. The van der Waals surface area contributed by atoms with Gasteiger partial charge in [-0.1, -0.05) is 48.6 Å². The maximum absolute atomic E-state index is 12.3. The fourth-order valence-electron chi connectivity index (χ4n) is 2.85. The van der Waals surface area contributed by atoms with Crippen LogP contribution in [0.15, 0.2) is 46.7 Å². The molecule has 0 amide bonds. The number of hydrogen-bond donors (Lipinski definition) is 0. The lowest BCUT2D eigenvalue weighted by Crippen LogP contribution is -2.20. The van der Waals surface area contributed by atoms with Crippen LogP contribution in [0.1, 0.15) is 37.5 Å². The van der Waals surface area contributed by atoms with Gasteiger partial charge in [0.15, 0.2) is 10.3 Å². The molecule has 30 heavy (non-hydrogen) atoms. The quantitative estimate of drug-likeness (QED) is 0.273. The Morgan fingerprint density at radius 3 is 2.43 bits per heavy atom. The number of hydrogen-bond acceptors (Lipinski definition) is 8. The second kappa shape index (κ2) is 10.6. The number of benzene rings is 1. The van der Waals surface area contributed by atoms with Crippen molar-refractivity contribution in [2.75, 3.05) is 6.61 Å². The number of ether oxygens (including phenoxy) is 1. The average Bonchev–Trinajstić information content (AvgIpc) is 3.13. The molecular weight excluding hydrogens is 418 g/mol. The molecule has 0 radical (unpaired) electrons. The van der Waals surface area contributed by atoms with E-state index in [2.05, 4.69) is 20.2 Å². The van der Waals surface area contributed by atoms with E-state index in [1.807, 2.05) is 68.7 Å². The maximum atomic E-state index is 12.3. The number of rotatable bonds is 9.